The lowest BCUT2D eigenvalue weighted by Gasteiger charge is -2.27. The molecule has 0 unspecified atom stereocenters. The molecular formula is C86H59N3. The van der Waals surface area contributed by atoms with Crippen molar-refractivity contribution >= 4 is 105 Å². The first-order valence-electron chi connectivity index (χ1n) is 30.6. The van der Waals surface area contributed by atoms with E-state index >= 15 is 0 Å². The van der Waals surface area contributed by atoms with Crippen molar-refractivity contribution in [2.45, 2.75) is 0 Å². The summed E-state index contributed by atoms with van der Waals surface area (Å²) in [6, 6.07) is 131. The van der Waals surface area contributed by atoms with Crippen molar-refractivity contribution in [3.8, 4) is 44.5 Å². The second-order valence-corrected chi connectivity index (χ2v) is 22.8. The first-order chi connectivity index (χ1) is 44.2. The minimum Gasteiger partial charge on any atom is -0.311 e. The summed E-state index contributed by atoms with van der Waals surface area (Å²) in [6.07, 6.45) is 0. The van der Waals surface area contributed by atoms with Crippen LogP contribution in [0.1, 0.15) is 0 Å². The van der Waals surface area contributed by atoms with Gasteiger partial charge in [-0.3, -0.25) is 0 Å². The van der Waals surface area contributed by atoms with E-state index in [-0.39, 0.29) is 0 Å². The van der Waals surface area contributed by atoms with Crippen molar-refractivity contribution in [1.29, 1.82) is 0 Å². The molecule has 3 nitrogen and oxygen atoms in total. The van der Waals surface area contributed by atoms with Crippen LogP contribution < -0.4 is 14.7 Å². The summed E-state index contributed by atoms with van der Waals surface area (Å²) in [7, 11) is 0. The van der Waals surface area contributed by atoms with Crippen molar-refractivity contribution in [2.24, 2.45) is 0 Å². The zero-order valence-corrected chi connectivity index (χ0v) is 48.9. The van der Waals surface area contributed by atoms with Crippen LogP contribution in [0.5, 0.6) is 0 Å². The van der Waals surface area contributed by atoms with Crippen molar-refractivity contribution in [1.82, 2.24) is 0 Å². The second kappa shape index (κ2) is 22.9. The molecule has 0 saturated heterocycles. The van der Waals surface area contributed by atoms with Crippen molar-refractivity contribution in [3.63, 3.8) is 0 Å². The summed E-state index contributed by atoms with van der Waals surface area (Å²) in [5.74, 6) is 0. The highest BCUT2D eigenvalue weighted by atomic mass is 15.2. The molecule has 0 aromatic heterocycles. The fourth-order valence-electron chi connectivity index (χ4n) is 13.5. The minimum absolute atomic E-state index is 1.07. The smallest absolute Gasteiger partial charge is 0.0468 e. The van der Waals surface area contributed by atoms with Gasteiger partial charge in [-0.1, -0.05) is 231 Å². The van der Waals surface area contributed by atoms with Gasteiger partial charge < -0.3 is 14.7 Å². The molecule has 16 aromatic carbocycles. The molecule has 0 heterocycles. The second-order valence-electron chi connectivity index (χ2n) is 22.8. The summed E-state index contributed by atoms with van der Waals surface area (Å²) >= 11 is 0. The van der Waals surface area contributed by atoms with E-state index in [0.29, 0.717) is 0 Å². The highest BCUT2D eigenvalue weighted by Gasteiger charge is 2.25. The van der Waals surface area contributed by atoms with Gasteiger partial charge in [-0.25, -0.2) is 0 Å². The fraction of sp³-hybridized carbons (Fsp3) is 0. The van der Waals surface area contributed by atoms with Crippen LogP contribution in [0.2, 0.25) is 0 Å². The molecule has 0 aliphatic rings. The van der Waals surface area contributed by atoms with Crippen molar-refractivity contribution in [3.05, 3.63) is 358 Å². The Morgan fingerprint density at radius 3 is 1.01 bits per heavy atom. The molecule has 89 heavy (non-hydrogen) atoms. The molecule has 3 heteroatoms. The molecule has 0 aliphatic carbocycles. The Kier molecular flexibility index (Phi) is 13.6. The van der Waals surface area contributed by atoms with Gasteiger partial charge in [0.15, 0.2) is 0 Å². The highest BCUT2D eigenvalue weighted by Crippen LogP contribution is 2.52. The van der Waals surface area contributed by atoms with Crippen LogP contribution in [-0.2, 0) is 0 Å². The lowest BCUT2D eigenvalue weighted by molar-refractivity contribution is 1.28. The van der Waals surface area contributed by atoms with Crippen molar-refractivity contribution < 1.29 is 0 Å². The lowest BCUT2D eigenvalue weighted by Crippen LogP contribution is -2.09. The monoisotopic (exact) mass is 1130 g/mol. The van der Waals surface area contributed by atoms with Crippen LogP contribution in [0, 0.1) is 0 Å². The summed E-state index contributed by atoms with van der Waals surface area (Å²) in [5, 5.41) is 12.0. The van der Waals surface area contributed by atoms with E-state index in [1.807, 2.05) is 0 Å². The van der Waals surface area contributed by atoms with Gasteiger partial charge in [0.2, 0.25) is 0 Å². The molecule has 0 radical (unpaired) electrons. The molecule has 16 aromatic rings. The Hall–Kier alpha value is -11.8. The van der Waals surface area contributed by atoms with E-state index in [9.17, 15) is 0 Å². The number of hydrogen-bond donors (Lipinski definition) is 0. The van der Waals surface area contributed by atoms with Gasteiger partial charge in [-0.2, -0.15) is 0 Å². The quantitative estimate of drug-likeness (QED) is 0.107. The lowest BCUT2D eigenvalue weighted by atomic mass is 9.80. The highest BCUT2D eigenvalue weighted by molar-refractivity contribution is 6.34. The van der Waals surface area contributed by atoms with E-state index in [2.05, 4.69) is 373 Å². The fourth-order valence-corrected chi connectivity index (χ4v) is 13.5. The van der Waals surface area contributed by atoms with Crippen LogP contribution in [0.4, 0.5) is 51.2 Å². The summed E-state index contributed by atoms with van der Waals surface area (Å²) < 4.78 is 0. The van der Waals surface area contributed by atoms with Gasteiger partial charge in [0, 0.05) is 51.2 Å². The first kappa shape index (κ1) is 52.7. The first-order valence-corrected chi connectivity index (χ1v) is 30.6. The maximum atomic E-state index is 2.49. The van der Waals surface area contributed by atoms with Crippen LogP contribution in [0.15, 0.2) is 358 Å². The Morgan fingerprint density at radius 1 is 0.157 bits per heavy atom. The maximum absolute atomic E-state index is 2.49. The number of hydrogen-bond acceptors (Lipinski definition) is 3. The molecule has 0 fully saturated rings. The van der Waals surface area contributed by atoms with Gasteiger partial charge in [-0.05, 0) is 226 Å². The normalized spacial score (nSPS) is 11.4. The van der Waals surface area contributed by atoms with E-state index in [0.717, 1.165) is 84.6 Å². The number of fused-ring (bicyclic) bond motifs is 9. The molecule has 0 saturated carbocycles. The molecule has 16 rings (SSSR count). The third-order valence-electron chi connectivity index (χ3n) is 17.5. The Morgan fingerprint density at radius 2 is 0.506 bits per heavy atom. The largest absolute Gasteiger partial charge is 0.311 e. The van der Waals surface area contributed by atoms with Gasteiger partial charge in [0.1, 0.15) is 0 Å². The average Bonchev–Trinajstić information content (AvgIpc) is 0.762. The van der Waals surface area contributed by atoms with Crippen molar-refractivity contribution in [2.75, 3.05) is 14.7 Å². The van der Waals surface area contributed by atoms with Gasteiger partial charge in [0.25, 0.3) is 0 Å². The predicted octanol–water partition coefficient (Wildman–Crippen LogP) is 24.5. The van der Waals surface area contributed by atoms with Gasteiger partial charge >= 0.3 is 0 Å². The van der Waals surface area contributed by atoms with E-state index < -0.39 is 0 Å². The zero-order chi connectivity index (χ0) is 59.0. The molecule has 0 amide bonds. The number of nitrogens with zero attached hydrogens (tertiary/aromatic N) is 3. The maximum Gasteiger partial charge on any atom is 0.0468 e. The zero-order valence-electron chi connectivity index (χ0n) is 48.9. The Labute approximate surface area is 519 Å². The SMILES string of the molecule is c1ccc(-c2cc(-c3ccc(N(c4ccccc4)c4ccccc4)cc3)c3c4ccc(N(c5ccccc5)c5ccccc5)cc4c4cc(-c5cc6ccccc6c6ccccc56)ccc4c3c2-c2ccc(N(c3ccccc3)c3ccccc3)cc2)cc1. The summed E-state index contributed by atoms with van der Waals surface area (Å²) in [5.41, 5.74) is 19.0. The van der Waals surface area contributed by atoms with Crippen LogP contribution >= 0.6 is 0 Å². The molecule has 0 spiro atoms. The standard InChI is InChI=1S/C86H59N3/c1-8-26-60(27-9-1)80-59-81(61-44-49-71(50-45-61)87(65-29-10-2-11-30-65)66-31-12-3-13-32-66)85-77-55-53-73(89(69-37-18-6-19-38-69)70-39-20-7-21-40-70)58-83(77)82-57-64(79-56-63-28-22-23-41-74(63)75-42-24-25-43-76(75)79)48-54-78(82)86(85)84(80)62-46-51-72(52-47-62)88(67-33-14-4-15-34-67)68-35-16-5-17-36-68/h1-59H. The predicted molar refractivity (Wildman–Crippen MR) is 380 cm³/mol. The summed E-state index contributed by atoms with van der Waals surface area (Å²) in [4.78, 5) is 7.07. The van der Waals surface area contributed by atoms with Gasteiger partial charge in [-0.15, -0.1) is 0 Å². The van der Waals surface area contributed by atoms with Crippen LogP contribution in [0.3, 0.4) is 0 Å². The molecular weight excluding hydrogens is 1070 g/mol. The molecule has 0 aliphatic heterocycles. The van der Waals surface area contributed by atoms with E-state index in [4.69, 9.17) is 0 Å². The Bertz CT molecular complexity index is 5080. The van der Waals surface area contributed by atoms with E-state index in [1.165, 1.54) is 65.0 Å². The van der Waals surface area contributed by atoms with E-state index in [1.54, 1.807) is 0 Å². The topological polar surface area (TPSA) is 9.72 Å². The summed E-state index contributed by atoms with van der Waals surface area (Å²) in [6.45, 7) is 0. The number of rotatable bonds is 13. The third kappa shape index (κ3) is 9.68. The minimum atomic E-state index is 1.07. The van der Waals surface area contributed by atoms with Gasteiger partial charge in [0.05, 0.1) is 0 Å². The number of benzene rings is 16. The Balaban J connectivity index is 1.02. The molecule has 418 valence electrons. The molecule has 0 atom stereocenters. The molecule has 0 N–H and O–H groups in total. The molecule has 0 bridgehead atoms. The third-order valence-corrected chi connectivity index (χ3v) is 17.5. The number of anilines is 9. The number of para-hydroxylation sites is 6. The van der Waals surface area contributed by atoms with Crippen LogP contribution in [0.25, 0.3) is 98.4 Å². The van der Waals surface area contributed by atoms with Crippen LogP contribution in [-0.4, -0.2) is 0 Å². The average molecular weight is 1130 g/mol.